The lowest BCUT2D eigenvalue weighted by molar-refractivity contribution is -0.274. The monoisotopic (exact) mass is 393 g/mol. The number of nitrogens with two attached hydrogens (primary N) is 1. The Balaban J connectivity index is 2.13. The number of pyridine rings is 1. The maximum atomic E-state index is 12.5. The van der Waals surface area contributed by atoms with Crippen molar-refractivity contribution in [1.82, 2.24) is 9.55 Å². The van der Waals surface area contributed by atoms with Gasteiger partial charge in [-0.3, -0.25) is 14.6 Å². The third kappa shape index (κ3) is 4.22. The smallest absolute Gasteiger partial charge is 0.481 e. The number of aliphatic carboxylic acids is 1. The number of benzene rings is 1. The Morgan fingerprint density at radius 2 is 1.93 bits per heavy atom. The highest BCUT2D eigenvalue weighted by molar-refractivity contribution is 5.99. The van der Waals surface area contributed by atoms with Crippen LogP contribution in [0.4, 0.5) is 13.2 Å². The molecule has 0 aliphatic carbocycles. The molecule has 2 aromatic heterocycles. The van der Waals surface area contributed by atoms with Crippen LogP contribution >= 0.6 is 0 Å². The number of carboxylic acid groups (broad SMARTS) is 1. The van der Waals surface area contributed by atoms with Gasteiger partial charge in [-0.2, -0.15) is 0 Å². The van der Waals surface area contributed by atoms with Gasteiger partial charge in [0.05, 0.1) is 17.4 Å². The fraction of sp³-hybridized carbons (Fsp3) is 0.167. The van der Waals surface area contributed by atoms with E-state index in [0.29, 0.717) is 16.6 Å². The predicted molar refractivity (Wildman–Crippen MR) is 92.2 cm³/mol. The molecule has 3 aromatic rings. The van der Waals surface area contributed by atoms with Gasteiger partial charge in [0, 0.05) is 24.1 Å². The van der Waals surface area contributed by atoms with Crippen LogP contribution in [0.1, 0.15) is 22.5 Å². The minimum absolute atomic E-state index is 0.0383. The molecule has 1 aromatic carbocycles. The molecule has 0 saturated carbocycles. The maximum absolute atomic E-state index is 12.5. The topological polar surface area (TPSA) is 107 Å². The van der Waals surface area contributed by atoms with Crippen LogP contribution in [0.5, 0.6) is 5.75 Å². The van der Waals surface area contributed by atoms with Gasteiger partial charge in [-0.1, -0.05) is 0 Å². The van der Waals surface area contributed by atoms with Crippen LogP contribution in [-0.4, -0.2) is 32.9 Å². The Hall–Kier alpha value is -3.56. The molecule has 7 nitrogen and oxygen atoms in total. The van der Waals surface area contributed by atoms with E-state index in [2.05, 4.69) is 9.72 Å². The Morgan fingerprint density at radius 3 is 2.57 bits per heavy atom. The van der Waals surface area contributed by atoms with Gasteiger partial charge >= 0.3 is 12.3 Å². The molecule has 146 valence electrons. The van der Waals surface area contributed by atoms with E-state index in [-0.39, 0.29) is 24.1 Å². The van der Waals surface area contributed by atoms with Crippen LogP contribution in [0, 0.1) is 0 Å². The first-order chi connectivity index (χ1) is 13.1. The number of nitrogens with zero attached hydrogens (tertiary/aromatic N) is 2. The molecule has 0 bridgehead atoms. The fourth-order valence-corrected chi connectivity index (χ4v) is 2.82. The molecule has 0 fully saturated rings. The molecule has 0 aliphatic rings. The zero-order valence-electron chi connectivity index (χ0n) is 14.2. The van der Waals surface area contributed by atoms with E-state index >= 15 is 0 Å². The van der Waals surface area contributed by atoms with E-state index in [4.69, 9.17) is 10.8 Å². The number of halogens is 3. The SMILES string of the molecule is NC(=O)c1cc2ccc(OC(F)(F)F)cc2n1-c1cncc(CCC(=O)O)c1. The molecule has 3 N–H and O–H groups in total. The lowest BCUT2D eigenvalue weighted by Crippen LogP contribution is -2.17. The highest BCUT2D eigenvalue weighted by atomic mass is 19.4. The molecule has 28 heavy (non-hydrogen) atoms. The molecular weight excluding hydrogens is 379 g/mol. The number of aromatic nitrogens is 2. The van der Waals surface area contributed by atoms with E-state index in [1.807, 2.05) is 0 Å². The Bertz CT molecular complexity index is 1060. The summed E-state index contributed by atoms with van der Waals surface area (Å²) < 4.78 is 42.9. The third-order valence-electron chi connectivity index (χ3n) is 3.93. The molecule has 0 radical (unpaired) electrons. The summed E-state index contributed by atoms with van der Waals surface area (Å²) in [5.74, 6) is -2.22. The minimum atomic E-state index is -4.87. The van der Waals surface area contributed by atoms with Crippen LogP contribution in [0.3, 0.4) is 0 Å². The van der Waals surface area contributed by atoms with E-state index in [0.717, 1.165) is 12.1 Å². The molecule has 0 spiro atoms. The van der Waals surface area contributed by atoms with Crippen LogP contribution in [-0.2, 0) is 11.2 Å². The van der Waals surface area contributed by atoms with Crippen molar-refractivity contribution in [1.29, 1.82) is 0 Å². The summed E-state index contributed by atoms with van der Waals surface area (Å²) in [6.45, 7) is 0. The number of hydrogen-bond acceptors (Lipinski definition) is 4. The van der Waals surface area contributed by atoms with Crippen molar-refractivity contribution in [2.24, 2.45) is 5.73 Å². The Labute approximate surface area is 156 Å². The van der Waals surface area contributed by atoms with Gasteiger partial charge in [0.15, 0.2) is 0 Å². The summed E-state index contributed by atoms with van der Waals surface area (Å²) in [6, 6.07) is 6.69. The summed E-state index contributed by atoms with van der Waals surface area (Å²) in [7, 11) is 0. The summed E-state index contributed by atoms with van der Waals surface area (Å²) >= 11 is 0. The molecule has 0 aliphatic heterocycles. The van der Waals surface area contributed by atoms with Crippen molar-refractivity contribution in [3.63, 3.8) is 0 Å². The number of amides is 1. The first-order valence-corrected chi connectivity index (χ1v) is 8.01. The van der Waals surface area contributed by atoms with Gasteiger partial charge < -0.3 is 20.1 Å². The number of alkyl halides is 3. The minimum Gasteiger partial charge on any atom is -0.481 e. The fourth-order valence-electron chi connectivity index (χ4n) is 2.82. The number of rotatable bonds is 6. The number of carboxylic acids is 1. The standard InChI is InChI=1S/C18H14F3N3O4/c19-18(20,21)28-13-3-2-11-6-15(17(22)27)24(14(11)7-13)12-5-10(8-23-9-12)1-4-16(25)26/h2-3,5-9H,1,4H2,(H2,22,27)(H,25,26). The second-order valence-corrected chi connectivity index (χ2v) is 5.94. The number of fused-ring (bicyclic) bond motifs is 1. The van der Waals surface area contributed by atoms with Crippen molar-refractivity contribution in [3.8, 4) is 11.4 Å². The Kier molecular flexibility index (Phi) is 4.95. The highest BCUT2D eigenvalue weighted by Gasteiger charge is 2.31. The van der Waals surface area contributed by atoms with Gasteiger partial charge in [-0.05, 0) is 36.2 Å². The number of aryl methyl sites for hydroxylation is 1. The van der Waals surface area contributed by atoms with E-state index in [9.17, 15) is 22.8 Å². The number of carbonyl (C=O) groups excluding carboxylic acids is 1. The molecule has 1 amide bonds. The van der Waals surface area contributed by atoms with Crippen molar-refractivity contribution < 1.29 is 32.6 Å². The quantitative estimate of drug-likeness (QED) is 0.669. The highest BCUT2D eigenvalue weighted by Crippen LogP contribution is 2.30. The van der Waals surface area contributed by atoms with E-state index in [1.165, 1.54) is 29.1 Å². The summed E-state index contributed by atoms with van der Waals surface area (Å²) in [4.78, 5) is 26.7. The van der Waals surface area contributed by atoms with Crippen molar-refractivity contribution in [3.05, 3.63) is 54.0 Å². The molecule has 10 heteroatoms. The summed E-state index contributed by atoms with van der Waals surface area (Å²) in [5.41, 5.74) is 6.66. The van der Waals surface area contributed by atoms with E-state index < -0.39 is 24.0 Å². The second-order valence-electron chi connectivity index (χ2n) is 5.94. The predicted octanol–water partition coefficient (Wildman–Crippen LogP) is 3.04. The summed E-state index contributed by atoms with van der Waals surface area (Å²) in [5, 5.41) is 9.29. The molecule has 0 unspecified atom stereocenters. The number of carbonyl (C=O) groups is 2. The molecular formula is C18H14F3N3O4. The largest absolute Gasteiger partial charge is 0.573 e. The van der Waals surface area contributed by atoms with Crippen molar-refractivity contribution >= 4 is 22.8 Å². The lowest BCUT2D eigenvalue weighted by atomic mass is 10.1. The first kappa shape index (κ1) is 19.2. The molecule has 0 saturated heterocycles. The zero-order valence-corrected chi connectivity index (χ0v) is 14.2. The normalized spacial score (nSPS) is 11.5. The van der Waals surface area contributed by atoms with Crippen LogP contribution < -0.4 is 10.5 Å². The average molecular weight is 393 g/mol. The Morgan fingerprint density at radius 1 is 1.18 bits per heavy atom. The van der Waals surface area contributed by atoms with E-state index in [1.54, 1.807) is 6.07 Å². The molecule has 3 rings (SSSR count). The van der Waals surface area contributed by atoms with Crippen molar-refractivity contribution in [2.45, 2.75) is 19.2 Å². The van der Waals surface area contributed by atoms with Crippen LogP contribution in [0.15, 0.2) is 42.7 Å². The van der Waals surface area contributed by atoms with Crippen molar-refractivity contribution in [2.75, 3.05) is 0 Å². The first-order valence-electron chi connectivity index (χ1n) is 8.01. The molecule has 0 atom stereocenters. The number of hydrogen-bond donors (Lipinski definition) is 2. The third-order valence-corrected chi connectivity index (χ3v) is 3.93. The average Bonchev–Trinajstić information content (AvgIpc) is 2.98. The van der Waals surface area contributed by atoms with Gasteiger partial charge in [-0.15, -0.1) is 13.2 Å². The van der Waals surface area contributed by atoms with Crippen LogP contribution in [0.25, 0.3) is 16.6 Å². The van der Waals surface area contributed by atoms with Gasteiger partial charge in [0.2, 0.25) is 0 Å². The zero-order chi connectivity index (χ0) is 20.5. The second kappa shape index (κ2) is 7.22. The van der Waals surface area contributed by atoms with Gasteiger partial charge in [-0.25, -0.2) is 0 Å². The van der Waals surface area contributed by atoms with Gasteiger partial charge in [0.1, 0.15) is 11.4 Å². The molecule has 2 heterocycles. The number of primary amides is 1. The number of ether oxygens (including phenoxy) is 1. The summed E-state index contributed by atoms with van der Waals surface area (Å²) in [6.07, 6.45) is -1.92. The lowest BCUT2D eigenvalue weighted by Gasteiger charge is -2.12. The maximum Gasteiger partial charge on any atom is 0.573 e. The van der Waals surface area contributed by atoms with Gasteiger partial charge in [0.25, 0.3) is 5.91 Å². The van der Waals surface area contributed by atoms with Crippen LogP contribution in [0.2, 0.25) is 0 Å².